The first-order valence-corrected chi connectivity index (χ1v) is 8.83. The predicted octanol–water partition coefficient (Wildman–Crippen LogP) is 3.52. The maximum absolute atomic E-state index is 5.84. The van der Waals surface area contributed by atoms with E-state index in [1.807, 2.05) is 0 Å². The summed E-state index contributed by atoms with van der Waals surface area (Å²) in [6.07, 6.45) is 2.10. The van der Waals surface area contributed by atoms with Crippen LogP contribution in [-0.2, 0) is 12.8 Å². The normalized spacial score (nSPS) is 18.4. The van der Waals surface area contributed by atoms with Gasteiger partial charge in [-0.2, -0.15) is 0 Å². The zero-order valence-corrected chi connectivity index (χ0v) is 15.7. The summed E-state index contributed by atoms with van der Waals surface area (Å²) < 4.78 is 11.5. The molecule has 4 rings (SSSR count). The first-order chi connectivity index (χ1) is 12.0. The van der Waals surface area contributed by atoms with Crippen LogP contribution in [0.4, 0.5) is 5.69 Å². The van der Waals surface area contributed by atoms with Crippen LogP contribution in [-0.4, -0.2) is 46.8 Å². The van der Waals surface area contributed by atoms with Gasteiger partial charge < -0.3 is 14.4 Å². The van der Waals surface area contributed by atoms with E-state index in [1.165, 1.54) is 33.5 Å². The second-order valence-electron chi connectivity index (χ2n) is 7.25. The lowest BCUT2D eigenvalue weighted by Gasteiger charge is -2.40. The van der Waals surface area contributed by atoms with E-state index in [4.69, 9.17) is 9.47 Å². The highest BCUT2D eigenvalue weighted by Crippen LogP contribution is 2.52. The van der Waals surface area contributed by atoms with Crippen LogP contribution in [0.25, 0.3) is 11.1 Å². The lowest BCUT2D eigenvalue weighted by Crippen LogP contribution is -2.35. The minimum atomic E-state index is 0.413. The van der Waals surface area contributed by atoms with E-state index in [2.05, 4.69) is 55.2 Å². The number of hydrogen-bond acceptors (Lipinski definition) is 4. The number of benzene rings is 2. The molecule has 0 amide bonds. The molecule has 0 aromatic heterocycles. The van der Waals surface area contributed by atoms with E-state index in [9.17, 15) is 0 Å². The summed E-state index contributed by atoms with van der Waals surface area (Å²) in [5.41, 5.74) is 7.92. The van der Waals surface area contributed by atoms with Crippen molar-refractivity contribution in [3.8, 4) is 22.6 Å². The fourth-order valence-electron chi connectivity index (χ4n) is 4.31. The molecule has 1 aliphatic heterocycles. The Labute approximate surface area is 150 Å². The molecule has 0 radical (unpaired) electrons. The highest BCUT2D eigenvalue weighted by molar-refractivity contribution is 5.85. The number of likely N-dealkylation sites (N-methyl/N-ethyl adjacent to an activating group) is 1. The standard InChI is InChI=1S/C21H26N2O2/c1-22(2)15-7-6-13-10-17-19-14(8-9-23(17)3)11-18(24-4)21(25-5)20(19)16(13)12-15/h6-7,11-12,17H,8-10H2,1-5H3. The van der Waals surface area contributed by atoms with Crippen molar-refractivity contribution < 1.29 is 9.47 Å². The fourth-order valence-corrected chi connectivity index (χ4v) is 4.31. The Morgan fingerprint density at radius 3 is 2.56 bits per heavy atom. The van der Waals surface area contributed by atoms with Crippen LogP contribution in [0.5, 0.6) is 11.5 Å². The SMILES string of the molecule is COc1cc2c3c(c1OC)-c1cc(N(C)C)ccc1CC3N(C)CC2. The first-order valence-electron chi connectivity index (χ1n) is 8.83. The minimum Gasteiger partial charge on any atom is -0.493 e. The van der Waals surface area contributed by atoms with Crippen molar-refractivity contribution in [1.29, 1.82) is 0 Å². The van der Waals surface area contributed by atoms with Crippen molar-refractivity contribution in [3.05, 3.63) is 41.0 Å². The van der Waals surface area contributed by atoms with Crippen LogP contribution in [0.15, 0.2) is 24.3 Å². The number of rotatable bonds is 3. The molecule has 0 bridgehead atoms. The number of methoxy groups -OCH3 is 2. The van der Waals surface area contributed by atoms with Gasteiger partial charge in [-0.3, -0.25) is 4.90 Å². The summed E-state index contributed by atoms with van der Waals surface area (Å²) in [4.78, 5) is 4.62. The predicted molar refractivity (Wildman–Crippen MR) is 102 cm³/mol. The van der Waals surface area contributed by atoms with E-state index in [0.29, 0.717) is 6.04 Å². The van der Waals surface area contributed by atoms with Crippen molar-refractivity contribution in [2.24, 2.45) is 0 Å². The van der Waals surface area contributed by atoms with E-state index >= 15 is 0 Å². The number of anilines is 1. The third-order valence-electron chi connectivity index (χ3n) is 5.69. The molecule has 2 aliphatic rings. The largest absolute Gasteiger partial charge is 0.493 e. The molecule has 1 atom stereocenters. The molecular formula is C21H26N2O2. The maximum atomic E-state index is 5.84. The van der Waals surface area contributed by atoms with Crippen molar-refractivity contribution in [3.63, 3.8) is 0 Å². The van der Waals surface area contributed by atoms with Crippen molar-refractivity contribution >= 4 is 5.69 Å². The average molecular weight is 338 g/mol. The van der Waals surface area contributed by atoms with Crippen LogP contribution in [0, 0.1) is 0 Å². The van der Waals surface area contributed by atoms with Crippen LogP contribution in [0.2, 0.25) is 0 Å². The number of nitrogens with zero attached hydrogens (tertiary/aromatic N) is 2. The van der Waals surface area contributed by atoms with E-state index < -0.39 is 0 Å². The Hall–Kier alpha value is -2.20. The lowest BCUT2D eigenvalue weighted by atomic mass is 9.76. The van der Waals surface area contributed by atoms with Crippen molar-refractivity contribution in [2.75, 3.05) is 46.8 Å². The zero-order valence-electron chi connectivity index (χ0n) is 15.7. The molecule has 1 aliphatic carbocycles. The van der Waals surface area contributed by atoms with Crippen LogP contribution in [0.1, 0.15) is 22.7 Å². The van der Waals surface area contributed by atoms with Gasteiger partial charge in [0.15, 0.2) is 11.5 Å². The van der Waals surface area contributed by atoms with Gasteiger partial charge in [0.05, 0.1) is 14.2 Å². The van der Waals surface area contributed by atoms with Crippen molar-refractivity contribution in [1.82, 2.24) is 4.90 Å². The fraction of sp³-hybridized carbons (Fsp3) is 0.429. The zero-order chi connectivity index (χ0) is 17.7. The molecular weight excluding hydrogens is 312 g/mol. The van der Waals surface area contributed by atoms with Gasteiger partial charge in [-0.15, -0.1) is 0 Å². The molecule has 1 heterocycles. The van der Waals surface area contributed by atoms with Crippen LogP contribution in [0.3, 0.4) is 0 Å². The Bertz CT molecular complexity index is 829. The Kier molecular flexibility index (Phi) is 3.88. The molecule has 25 heavy (non-hydrogen) atoms. The monoisotopic (exact) mass is 338 g/mol. The summed E-state index contributed by atoms with van der Waals surface area (Å²) >= 11 is 0. The number of hydrogen-bond donors (Lipinski definition) is 0. The molecule has 4 nitrogen and oxygen atoms in total. The molecule has 1 unspecified atom stereocenters. The topological polar surface area (TPSA) is 24.9 Å². The summed E-state index contributed by atoms with van der Waals surface area (Å²) in [7, 11) is 9.86. The van der Waals surface area contributed by atoms with Gasteiger partial charge in [0, 0.05) is 37.9 Å². The highest BCUT2D eigenvalue weighted by atomic mass is 16.5. The van der Waals surface area contributed by atoms with Gasteiger partial charge in [0.2, 0.25) is 0 Å². The molecule has 0 N–H and O–H groups in total. The molecule has 0 saturated heterocycles. The summed E-state index contributed by atoms with van der Waals surface area (Å²) in [6.45, 7) is 1.08. The summed E-state index contributed by atoms with van der Waals surface area (Å²) in [6, 6.07) is 9.36. The van der Waals surface area contributed by atoms with E-state index in [-0.39, 0.29) is 0 Å². The van der Waals surface area contributed by atoms with Crippen molar-refractivity contribution in [2.45, 2.75) is 18.9 Å². The van der Waals surface area contributed by atoms with Gasteiger partial charge >= 0.3 is 0 Å². The quantitative estimate of drug-likeness (QED) is 0.855. The van der Waals surface area contributed by atoms with Gasteiger partial charge in [-0.25, -0.2) is 0 Å². The molecule has 132 valence electrons. The van der Waals surface area contributed by atoms with Gasteiger partial charge in [-0.1, -0.05) is 6.07 Å². The van der Waals surface area contributed by atoms with Gasteiger partial charge in [-0.05, 0) is 60.3 Å². The number of ether oxygens (including phenoxy) is 2. The Balaban J connectivity index is 2.05. The molecule has 0 spiro atoms. The second-order valence-corrected chi connectivity index (χ2v) is 7.25. The Morgan fingerprint density at radius 2 is 1.88 bits per heavy atom. The molecule has 4 heteroatoms. The third kappa shape index (κ3) is 2.39. The summed E-state index contributed by atoms with van der Waals surface area (Å²) in [5, 5.41) is 0. The van der Waals surface area contributed by atoms with Crippen LogP contribution >= 0.6 is 0 Å². The molecule has 2 aromatic carbocycles. The number of fused-ring (bicyclic) bond motifs is 2. The molecule has 0 fully saturated rings. The maximum Gasteiger partial charge on any atom is 0.168 e. The smallest absolute Gasteiger partial charge is 0.168 e. The van der Waals surface area contributed by atoms with Gasteiger partial charge in [0.1, 0.15) is 0 Å². The van der Waals surface area contributed by atoms with E-state index in [1.54, 1.807) is 14.2 Å². The summed E-state index contributed by atoms with van der Waals surface area (Å²) in [5.74, 6) is 1.70. The average Bonchev–Trinajstić information content (AvgIpc) is 2.63. The highest BCUT2D eigenvalue weighted by Gasteiger charge is 2.36. The molecule has 2 aromatic rings. The lowest BCUT2D eigenvalue weighted by molar-refractivity contribution is 0.226. The van der Waals surface area contributed by atoms with Crippen LogP contribution < -0.4 is 14.4 Å². The van der Waals surface area contributed by atoms with Gasteiger partial charge in [0.25, 0.3) is 0 Å². The Morgan fingerprint density at radius 1 is 1.08 bits per heavy atom. The minimum absolute atomic E-state index is 0.413. The van der Waals surface area contributed by atoms with E-state index in [0.717, 1.165) is 30.9 Å². The third-order valence-corrected chi connectivity index (χ3v) is 5.69. The first kappa shape index (κ1) is 16.3. The second kappa shape index (κ2) is 5.95. The molecule has 0 saturated carbocycles.